The summed E-state index contributed by atoms with van der Waals surface area (Å²) < 4.78 is 5.64. The molecule has 0 saturated carbocycles. The second-order valence-corrected chi connectivity index (χ2v) is 5.45. The van der Waals surface area contributed by atoms with Crippen LogP contribution in [0.3, 0.4) is 0 Å². The van der Waals surface area contributed by atoms with Gasteiger partial charge in [-0.05, 0) is 44.2 Å². The van der Waals surface area contributed by atoms with Crippen LogP contribution in [0.15, 0.2) is 24.3 Å². The van der Waals surface area contributed by atoms with Gasteiger partial charge in [0, 0.05) is 24.8 Å². The van der Waals surface area contributed by atoms with Crippen molar-refractivity contribution in [2.24, 2.45) is 5.73 Å². The monoisotopic (exact) mass is 276 g/mol. The Morgan fingerprint density at radius 1 is 1.45 bits per heavy atom. The number of nitrogens with two attached hydrogens (primary N) is 1. The van der Waals surface area contributed by atoms with Crippen LogP contribution in [0.1, 0.15) is 50.6 Å². The number of carbonyl (C=O) groups excluding carboxylic acids is 1. The van der Waals surface area contributed by atoms with E-state index in [1.165, 1.54) is 6.42 Å². The predicted octanol–water partition coefficient (Wildman–Crippen LogP) is 2.99. The lowest BCUT2D eigenvalue weighted by Gasteiger charge is -2.22. The lowest BCUT2D eigenvalue weighted by atomic mass is 10.0. The van der Waals surface area contributed by atoms with Crippen LogP contribution < -0.4 is 11.1 Å². The minimum absolute atomic E-state index is 0.0345. The molecule has 1 aliphatic rings. The molecule has 1 aliphatic heterocycles. The number of carbonyl (C=O) groups is 1. The highest BCUT2D eigenvalue weighted by molar-refractivity contribution is 5.91. The van der Waals surface area contributed by atoms with E-state index in [-0.39, 0.29) is 18.1 Å². The zero-order valence-electron chi connectivity index (χ0n) is 12.1. The smallest absolute Gasteiger partial charge is 0.224 e. The SMILES string of the molecule is CC(N)c1ccccc1NC(=O)CCC1CCCCO1. The van der Waals surface area contributed by atoms with Crippen molar-refractivity contribution in [2.75, 3.05) is 11.9 Å². The zero-order valence-corrected chi connectivity index (χ0v) is 12.1. The van der Waals surface area contributed by atoms with Gasteiger partial charge in [-0.1, -0.05) is 18.2 Å². The van der Waals surface area contributed by atoms with Crippen molar-refractivity contribution in [3.8, 4) is 0 Å². The topological polar surface area (TPSA) is 64.3 Å². The van der Waals surface area contributed by atoms with Crippen molar-refractivity contribution in [2.45, 2.75) is 51.2 Å². The minimum Gasteiger partial charge on any atom is -0.378 e. The molecule has 20 heavy (non-hydrogen) atoms. The molecule has 1 heterocycles. The number of amides is 1. The van der Waals surface area contributed by atoms with Crippen LogP contribution in [-0.2, 0) is 9.53 Å². The van der Waals surface area contributed by atoms with Crippen molar-refractivity contribution in [3.63, 3.8) is 0 Å². The van der Waals surface area contributed by atoms with E-state index in [1.807, 2.05) is 31.2 Å². The Labute approximate surface area is 120 Å². The quantitative estimate of drug-likeness (QED) is 0.869. The summed E-state index contributed by atoms with van der Waals surface area (Å²) >= 11 is 0. The van der Waals surface area contributed by atoms with Gasteiger partial charge in [-0.2, -0.15) is 0 Å². The Kier molecular flexibility index (Phi) is 5.56. The maximum Gasteiger partial charge on any atom is 0.224 e. The number of hydrogen-bond acceptors (Lipinski definition) is 3. The van der Waals surface area contributed by atoms with E-state index in [2.05, 4.69) is 5.32 Å². The van der Waals surface area contributed by atoms with Crippen molar-refractivity contribution in [1.29, 1.82) is 0 Å². The number of para-hydroxylation sites is 1. The van der Waals surface area contributed by atoms with Gasteiger partial charge in [-0.25, -0.2) is 0 Å². The van der Waals surface area contributed by atoms with Crippen LogP contribution in [-0.4, -0.2) is 18.6 Å². The van der Waals surface area contributed by atoms with Crippen LogP contribution in [0.25, 0.3) is 0 Å². The number of benzene rings is 1. The molecule has 0 aliphatic carbocycles. The third-order valence-electron chi connectivity index (χ3n) is 3.69. The number of ether oxygens (including phenoxy) is 1. The molecule has 0 spiro atoms. The van der Waals surface area contributed by atoms with E-state index < -0.39 is 0 Å². The summed E-state index contributed by atoms with van der Waals surface area (Å²) in [6.07, 6.45) is 4.97. The fourth-order valence-corrected chi connectivity index (χ4v) is 2.55. The first kappa shape index (κ1) is 15.0. The first-order valence-corrected chi connectivity index (χ1v) is 7.43. The first-order valence-electron chi connectivity index (χ1n) is 7.43. The maximum atomic E-state index is 12.0. The van der Waals surface area contributed by atoms with Gasteiger partial charge in [0.05, 0.1) is 6.10 Å². The number of nitrogens with one attached hydrogen (secondary N) is 1. The van der Waals surface area contributed by atoms with Gasteiger partial charge >= 0.3 is 0 Å². The van der Waals surface area contributed by atoms with Crippen LogP contribution in [0.5, 0.6) is 0 Å². The Balaban J connectivity index is 1.85. The highest BCUT2D eigenvalue weighted by Crippen LogP contribution is 2.22. The van der Waals surface area contributed by atoms with E-state index in [0.29, 0.717) is 6.42 Å². The third-order valence-corrected chi connectivity index (χ3v) is 3.69. The average molecular weight is 276 g/mol. The van der Waals surface area contributed by atoms with E-state index in [0.717, 1.165) is 37.1 Å². The number of anilines is 1. The molecule has 2 rings (SSSR count). The van der Waals surface area contributed by atoms with Crippen LogP contribution in [0.2, 0.25) is 0 Å². The molecule has 0 bridgehead atoms. The van der Waals surface area contributed by atoms with Crippen molar-refractivity contribution >= 4 is 11.6 Å². The number of hydrogen-bond donors (Lipinski definition) is 2. The van der Waals surface area contributed by atoms with Crippen LogP contribution >= 0.6 is 0 Å². The van der Waals surface area contributed by atoms with Gasteiger partial charge < -0.3 is 15.8 Å². The van der Waals surface area contributed by atoms with E-state index in [4.69, 9.17) is 10.5 Å². The standard InChI is InChI=1S/C16H24N2O2/c1-12(17)14-7-2-3-8-15(14)18-16(19)10-9-13-6-4-5-11-20-13/h2-3,7-8,12-13H,4-6,9-11,17H2,1H3,(H,18,19). The lowest BCUT2D eigenvalue weighted by Crippen LogP contribution is -2.22. The van der Waals surface area contributed by atoms with E-state index >= 15 is 0 Å². The zero-order chi connectivity index (χ0) is 14.4. The highest BCUT2D eigenvalue weighted by Gasteiger charge is 2.16. The Bertz CT molecular complexity index is 440. The molecule has 4 heteroatoms. The summed E-state index contributed by atoms with van der Waals surface area (Å²) in [6.45, 7) is 2.75. The molecular formula is C16H24N2O2. The molecular weight excluding hydrogens is 252 g/mol. The van der Waals surface area contributed by atoms with Gasteiger partial charge in [0.1, 0.15) is 0 Å². The first-order chi connectivity index (χ1) is 9.66. The Hall–Kier alpha value is -1.39. The third kappa shape index (κ3) is 4.32. The van der Waals surface area contributed by atoms with Gasteiger partial charge in [-0.3, -0.25) is 4.79 Å². The summed E-state index contributed by atoms with van der Waals surface area (Å²) in [4.78, 5) is 12.0. The summed E-state index contributed by atoms with van der Waals surface area (Å²) in [5, 5.41) is 2.96. The molecule has 1 fully saturated rings. The van der Waals surface area contributed by atoms with Gasteiger partial charge in [0.15, 0.2) is 0 Å². The summed E-state index contributed by atoms with van der Waals surface area (Å²) in [6, 6.07) is 7.60. The van der Waals surface area contributed by atoms with E-state index in [1.54, 1.807) is 0 Å². The second-order valence-electron chi connectivity index (χ2n) is 5.45. The van der Waals surface area contributed by atoms with Crippen LogP contribution in [0.4, 0.5) is 5.69 Å². The van der Waals surface area contributed by atoms with Crippen LogP contribution in [0, 0.1) is 0 Å². The highest BCUT2D eigenvalue weighted by atomic mass is 16.5. The summed E-state index contributed by atoms with van der Waals surface area (Å²) in [7, 11) is 0. The Morgan fingerprint density at radius 2 is 2.25 bits per heavy atom. The summed E-state index contributed by atoms with van der Waals surface area (Å²) in [5.74, 6) is 0.0345. The largest absolute Gasteiger partial charge is 0.378 e. The van der Waals surface area contributed by atoms with Gasteiger partial charge in [0.25, 0.3) is 0 Å². The van der Waals surface area contributed by atoms with Crippen molar-refractivity contribution in [3.05, 3.63) is 29.8 Å². The second kappa shape index (κ2) is 7.41. The molecule has 0 aromatic heterocycles. The molecule has 0 radical (unpaired) electrons. The molecule has 1 aromatic rings. The van der Waals surface area contributed by atoms with Gasteiger partial charge in [-0.15, -0.1) is 0 Å². The number of rotatable bonds is 5. The molecule has 1 aromatic carbocycles. The molecule has 1 amide bonds. The molecule has 3 N–H and O–H groups in total. The van der Waals surface area contributed by atoms with Crippen molar-refractivity contribution < 1.29 is 9.53 Å². The fourth-order valence-electron chi connectivity index (χ4n) is 2.55. The molecule has 2 unspecified atom stereocenters. The van der Waals surface area contributed by atoms with E-state index in [9.17, 15) is 4.79 Å². The molecule has 2 atom stereocenters. The Morgan fingerprint density at radius 3 is 2.95 bits per heavy atom. The molecule has 1 saturated heterocycles. The summed E-state index contributed by atoms with van der Waals surface area (Å²) in [5.41, 5.74) is 7.69. The average Bonchev–Trinajstić information content (AvgIpc) is 2.46. The fraction of sp³-hybridized carbons (Fsp3) is 0.562. The lowest BCUT2D eigenvalue weighted by molar-refractivity contribution is -0.117. The predicted molar refractivity (Wildman–Crippen MR) is 80.5 cm³/mol. The van der Waals surface area contributed by atoms with Crippen molar-refractivity contribution in [1.82, 2.24) is 0 Å². The molecule has 110 valence electrons. The normalized spacial score (nSPS) is 20.4. The van der Waals surface area contributed by atoms with Gasteiger partial charge in [0.2, 0.25) is 5.91 Å². The minimum atomic E-state index is -0.0897. The maximum absolute atomic E-state index is 12.0. The molecule has 4 nitrogen and oxygen atoms in total.